The van der Waals surface area contributed by atoms with Gasteiger partial charge >= 0.3 is 0 Å². The van der Waals surface area contributed by atoms with E-state index < -0.39 is 0 Å². The predicted molar refractivity (Wildman–Crippen MR) is 63.9 cm³/mol. The van der Waals surface area contributed by atoms with Gasteiger partial charge in [0.1, 0.15) is 0 Å². The van der Waals surface area contributed by atoms with Gasteiger partial charge in [-0.3, -0.25) is 9.89 Å². The SMILES string of the molecule is O=c1[nH]ncc(N2CCCC2)c1-c1ccn[nH]1. The zero-order chi connectivity index (χ0) is 11.7. The van der Waals surface area contributed by atoms with Crippen LogP contribution in [0.1, 0.15) is 12.8 Å². The molecule has 2 aromatic rings. The van der Waals surface area contributed by atoms with Gasteiger partial charge in [0.05, 0.1) is 23.1 Å². The van der Waals surface area contributed by atoms with Gasteiger partial charge in [0.2, 0.25) is 0 Å². The minimum absolute atomic E-state index is 0.182. The number of anilines is 1. The van der Waals surface area contributed by atoms with E-state index in [1.165, 1.54) is 0 Å². The molecular weight excluding hydrogens is 218 g/mol. The quantitative estimate of drug-likeness (QED) is 0.800. The second-order valence-electron chi connectivity index (χ2n) is 4.12. The summed E-state index contributed by atoms with van der Waals surface area (Å²) in [5, 5.41) is 13.1. The summed E-state index contributed by atoms with van der Waals surface area (Å²) in [4.78, 5) is 14.1. The number of rotatable bonds is 2. The molecule has 2 aromatic heterocycles. The van der Waals surface area contributed by atoms with Crippen LogP contribution in [-0.2, 0) is 0 Å². The minimum atomic E-state index is -0.182. The molecule has 6 nitrogen and oxygen atoms in total. The van der Waals surface area contributed by atoms with Crippen molar-refractivity contribution in [1.29, 1.82) is 0 Å². The summed E-state index contributed by atoms with van der Waals surface area (Å²) >= 11 is 0. The second-order valence-corrected chi connectivity index (χ2v) is 4.12. The maximum atomic E-state index is 11.9. The maximum Gasteiger partial charge on any atom is 0.275 e. The lowest BCUT2D eigenvalue weighted by Gasteiger charge is -2.19. The van der Waals surface area contributed by atoms with Gasteiger partial charge in [-0.1, -0.05) is 0 Å². The first-order valence-corrected chi connectivity index (χ1v) is 5.68. The molecule has 17 heavy (non-hydrogen) atoms. The summed E-state index contributed by atoms with van der Waals surface area (Å²) in [6, 6.07) is 1.80. The highest BCUT2D eigenvalue weighted by molar-refractivity contribution is 5.74. The molecule has 0 unspecified atom stereocenters. The highest BCUT2D eigenvalue weighted by atomic mass is 16.1. The van der Waals surface area contributed by atoms with Crippen LogP contribution in [0.5, 0.6) is 0 Å². The van der Waals surface area contributed by atoms with Gasteiger partial charge in [0, 0.05) is 19.3 Å². The number of hydrogen-bond acceptors (Lipinski definition) is 4. The third-order valence-electron chi connectivity index (χ3n) is 3.05. The summed E-state index contributed by atoms with van der Waals surface area (Å²) in [7, 11) is 0. The molecule has 0 aromatic carbocycles. The molecule has 0 atom stereocenters. The Morgan fingerprint density at radius 1 is 1.18 bits per heavy atom. The van der Waals surface area contributed by atoms with Crippen LogP contribution >= 0.6 is 0 Å². The van der Waals surface area contributed by atoms with Gasteiger partial charge < -0.3 is 4.90 Å². The molecule has 0 aliphatic carbocycles. The molecule has 88 valence electrons. The Morgan fingerprint density at radius 3 is 2.71 bits per heavy atom. The van der Waals surface area contributed by atoms with Crippen molar-refractivity contribution in [2.24, 2.45) is 0 Å². The van der Waals surface area contributed by atoms with Gasteiger partial charge in [0.15, 0.2) is 0 Å². The van der Waals surface area contributed by atoms with Crippen molar-refractivity contribution < 1.29 is 0 Å². The van der Waals surface area contributed by atoms with E-state index >= 15 is 0 Å². The first-order chi connectivity index (χ1) is 8.36. The number of nitrogens with zero attached hydrogens (tertiary/aromatic N) is 3. The second kappa shape index (κ2) is 4.04. The third kappa shape index (κ3) is 1.71. The zero-order valence-electron chi connectivity index (χ0n) is 9.31. The lowest BCUT2D eigenvalue weighted by molar-refractivity contribution is 0.921. The highest BCUT2D eigenvalue weighted by Gasteiger charge is 2.19. The Hall–Kier alpha value is -2.11. The smallest absolute Gasteiger partial charge is 0.275 e. The van der Waals surface area contributed by atoms with Crippen LogP contribution in [0, 0.1) is 0 Å². The van der Waals surface area contributed by atoms with Gasteiger partial charge in [-0.25, -0.2) is 5.10 Å². The van der Waals surface area contributed by atoms with E-state index in [1.807, 2.05) is 0 Å². The molecule has 6 heteroatoms. The van der Waals surface area contributed by atoms with E-state index in [9.17, 15) is 4.79 Å². The average molecular weight is 231 g/mol. The monoisotopic (exact) mass is 231 g/mol. The van der Waals surface area contributed by atoms with Crippen LogP contribution in [-0.4, -0.2) is 33.5 Å². The molecule has 0 amide bonds. The van der Waals surface area contributed by atoms with Crippen LogP contribution < -0.4 is 10.5 Å². The Kier molecular flexibility index (Phi) is 2.40. The Morgan fingerprint density at radius 2 is 2.00 bits per heavy atom. The highest BCUT2D eigenvalue weighted by Crippen LogP contribution is 2.27. The third-order valence-corrected chi connectivity index (χ3v) is 3.05. The summed E-state index contributed by atoms with van der Waals surface area (Å²) in [5.74, 6) is 0. The van der Waals surface area contributed by atoms with E-state index in [4.69, 9.17) is 0 Å². The largest absolute Gasteiger partial charge is 0.370 e. The molecule has 1 saturated heterocycles. The molecule has 0 spiro atoms. The molecular formula is C11H13N5O. The molecule has 1 aliphatic rings. The predicted octanol–water partition coefficient (Wildman–Crippen LogP) is 0.760. The molecule has 0 radical (unpaired) electrons. The fourth-order valence-electron chi connectivity index (χ4n) is 2.24. The van der Waals surface area contributed by atoms with E-state index in [0.717, 1.165) is 37.3 Å². The van der Waals surface area contributed by atoms with Crippen molar-refractivity contribution in [3.8, 4) is 11.3 Å². The lowest BCUT2D eigenvalue weighted by Crippen LogP contribution is -2.23. The average Bonchev–Trinajstić information content (AvgIpc) is 3.02. The van der Waals surface area contributed by atoms with Crippen molar-refractivity contribution in [1.82, 2.24) is 20.4 Å². The van der Waals surface area contributed by atoms with Crippen LogP contribution in [0.2, 0.25) is 0 Å². The summed E-state index contributed by atoms with van der Waals surface area (Å²) < 4.78 is 0. The topological polar surface area (TPSA) is 77.7 Å². The normalized spacial score (nSPS) is 15.4. The van der Waals surface area contributed by atoms with E-state index in [-0.39, 0.29) is 5.56 Å². The van der Waals surface area contributed by atoms with Crippen LogP contribution in [0.25, 0.3) is 11.3 Å². The standard InChI is InChI=1S/C11H13N5O/c17-11-10(8-3-4-12-14-8)9(7-13-15-11)16-5-1-2-6-16/h3-4,7H,1-2,5-6H2,(H,12,14)(H,15,17). The Labute approximate surface area is 97.7 Å². The van der Waals surface area contributed by atoms with Crippen LogP contribution in [0.15, 0.2) is 23.3 Å². The van der Waals surface area contributed by atoms with E-state index in [2.05, 4.69) is 25.3 Å². The Bertz CT molecular complexity index is 553. The van der Waals surface area contributed by atoms with Crippen molar-refractivity contribution >= 4 is 5.69 Å². The number of nitrogens with one attached hydrogen (secondary N) is 2. The number of H-pyrrole nitrogens is 2. The molecule has 2 N–H and O–H groups in total. The number of aromatic nitrogens is 4. The van der Waals surface area contributed by atoms with Crippen LogP contribution in [0.3, 0.4) is 0 Å². The van der Waals surface area contributed by atoms with Gasteiger partial charge in [0.25, 0.3) is 5.56 Å². The zero-order valence-corrected chi connectivity index (χ0v) is 9.31. The molecule has 3 rings (SSSR count). The Balaban J connectivity index is 2.15. The number of hydrogen-bond donors (Lipinski definition) is 2. The van der Waals surface area contributed by atoms with Crippen molar-refractivity contribution in [3.63, 3.8) is 0 Å². The summed E-state index contributed by atoms with van der Waals surface area (Å²) in [6.07, 6.45) is 5.68. The van der Waals surface area contributed by atoms with Crippen LogP contribution in [0.4, 0.5) is 5.69 Å². The lowest BCUT2D eigenvalue weighted by atomic mass is 10.2. The van der Waals surface area contributed by atoms with E-state index in [1.54, 1.807) is 18.5 Å². The molecule has 0 saturated carbocycles. The van der Waals surface area contributed by atoms with E-state index in [0.29, 0.717) is 5.56 Å². The van der Waals surface area contributed by atoms with Gasteiger partial charge in [-0.05, 0) is 18.9 Å². The minimum Gasteiger partial charge on any atom is -0.370 e. The first kappa shape index (κ1) is 10.1. The van der Waals surface area contributed by atoms with Gasteiger partial charge in [-0.15, -0.1) is 0 Å². The molecule has 0 bridgehead atoms. The molecule has 3 heterocycles. The number of aromatic amines is 2. The molecule has 1 aliphatic heterocycles. The van der Waals surface area contributed by atoms with Crippen molar-refractivity contribution in [3.05, 3.63) is 28.8 Å². The summed E-state index contributed by atoms with van der Waals surface area (Å²) in [6.45, 7) is 1.96. The molecule has 1 fully saturated rings. The fourth-order valence-corrected chi connectivity index (χ4v) is 2.24. The van der Waals surface area contributed by atoms with Gasteiger partial charge in [-0.2, -0.15) is 10.2 Å². The summed E-state index contributed by atoms with van der Waals surface area (Å²) in [5.41, 5.74) is 2.06. The maximum absolute atomic E-state index is 11.9. The van der Waals surface area contributed by atoms with Crippen molar-refractivity contribution in [2.75, 3.05) is 18.0 Å². The first-order valence-electron chi connectivity index (χ1n) is 5.68. The van der Waals surface area contributed by atoms with Crippen molar-refractivity contribution in [2.45, 2.75) is 12.8 Å². The fraction of sp³-hybridized carbons (Fsp3) is 0.364.